The Balaban J connectivity index is 0.000000481. The van der Waals surface area contributed by atoms with E-state index in [0.717, 1.165) is 5.56 Å². The first kappa shape index (κ1) is 26.8. The summed E-state index contributed by atoms with van der Waals surface area (Å²) in [5.41, 5.74) is 2.40. The van der Waals surface area contributed by atoms with E-state index >= 15 is 0 Å². The zero-order chi connectivity index (χ0) is 22.7. The molecule has 168 valence electrons. The minimum Gasteiger partial charge on any atom is -0.289 e. The van der Waals surface area contributed by atoms with Crippen molar-refractivity contribution in [2.45, 2.75) is 13.0 Å². The summed E-state index contributed by atoms with van der Waals surface area (Å²) in [6.45, 7) is 2.16. The fourth-order valence-corrected chi connectivity index (χ4v) is 6.16. The largest absolute Gasteiger partial charge is 2.00 e. The van der Waals surface area contributed by atoms with Crippen molar-refractivity contribution in [2.75, 3.05) is 0 Å². The van der Waals surface area contributed by atoms with Crippen molar-refractivity contribution in [1.29, 1.82) is 0 Å². The minimum absolute atomic E-state index is 0. The van der Waals surface area contributed by atoms with Crippen LogP contribution in [0.25, 0.3) is 0 Å². The van der Waals surface area contributed by atoms with E-state index in [9.17, 15) is 0 Å². The summed E-state index contributed by atoms with van der Waals surface area (Å²) < 4.78 is 0. The van der Waals surface area contributed by atoms with E-state index in [-0.39, 0.29) is 23.1 Å². The Morgan fingerprint density at radius 2 is 1.32 bits per heavy atom. The fourth-order valence-electron chi connectivity index (χ4n) is 3.61. The van der Waals surface area contributed by atoms with Gasteiger partial charge in [-0.15, -0.1) is 0 Å². The first-order valence-electron chi connectivity index (χ1n) is 11.1. The maximum absolute atomic E-state index is 4.81. The average Bonchev–Trinajstić information content (AvgIpc) is 3.61. The topological polar surface area (TPSA) is 25.2 Å². The molecule has 0 bridgehead atoms. The smallest absolute Gasteiger partial charge is 0.289 e. The first-order chi connectivity index (χ1) is 16.3. The van der Waals surface area contributed by atoms with Crippen molar-refractivity contribution in [1.82, 2.24) is 4.98 Å². The Bertz CT molecular complexity index is 914. The zero-order valence-corrected chi connectivity index (χ0v) is 21.1. The molecule has 2 saturated carbocycles. The maximum Gasteiger partial charge on any atom is 2.00 e. The molecular weight excluding hydrogens is 475 g/mol. The van der Waals surface area contributed by atoms with Gasteiger partial charge >= 0.3 is 17.1 Å². The summed E-state index contributed by atoms with van der Waals surface area (Å²) in [5, 5.41) is 2.72. The van der Waals surface area contributed by atoms with Gasteiger partial charge in [0, 0.05) is 35.7 Å². The van der Waals surface area contributed by atoms with Crippen LogP contribution in [0.2, 0.25) is 0 Å². The van der Waals surface area contributed by atoms with Crippen molar-refractivity contribution >= 4 is 24.7 Å². The van der Waals surface area contributed by atoms with Crippen molar-refractivity contribution in [3.05, 3.63) is 154 Å². The molecule has 10 radical (unpaired) electrons. The van der Waals surface area contributed by atoms with E-state index in [1.54, 1.807) is 6.20 Å². The molecule has 2 aromatic carbocycles. The van der Waals surface area contributed by atoms with Gasteiger partial charge in [-0.3, -0.25) is 9.98 Å². The van der Waals surface area contributed by atoms with Crippen molar-refractivity contribution in [3.8, 4) is 0 Å². The van der Waals surface area contributed by atoms with Gasteiger partial charge in [0.2, 0.25) is 0 Å². The number of hydrogen-bond donors (Lipinski definition) is 0. The molecule has 3 aromatic rings. The second-order valence-corrected chi connectivity index (χ2v) is 9.76. The van der Waals surface area contributed by atoms with Crippen LogP contribution in [-0.2, 0) is 17.1 Å². The SMILES string of the molecule is C[C@@H](N=Cc1cccnc1)[C]1[CH][CH][CH][C]1P(c1ccccc1)c1ccccc1.[CH]1[CH][CH][CH][CH]1.[Fe+2]. The summed E-state index contributed by atoms with van der Waals surface area (Å²) in [6.07, 6.45) is 22.2. The number of aromatic nitrogens is 1. The molecule has 0 aliphatic heterocycles. The average molecular weight is 502 g/mol. The van der Waals surface area contributed by atoms with Gasteiger partial charge in [0.25, 0.3) is 0 Å². The Hall–Kier alpha value is -1.79. The molecule has 1 heterocycles. The quantitative estimate of drug-likeness (QED) is 0.239. The van der Waals surface area contributed by atoms with Gasteiger partial charge < -0.3 is 0 Å². The molecule has 1 atom stereocenters. The van der Waals surface area contributed by atoms with Crippen LogP contribution in [0.1, 0.15) is 12.5 Å². The Morgan fingerprint density at radius 3 is 1.85 bits per heavy atom. The van der Waals surface area contributed by atoms with E-state index in [1.165, 1.54) is 22.2 Å². The van der Waals surface area contributed by atoms with Crippen molar-refractivity contribution in [2.24, 2.45) is 4.99 Å². The van der Waals surface area contributed by atoms with Gasteiger partial charge in [0.1, 0.15) is 0 Å². The molecule has 34 heavy (non-hydrogen) atoms. The number of benzene rings is 2. The number of pyridine rings is 1. The van der Waals surface area contributed by atoms with Crippen LogP contribution in [0.4, 0.5) is 0 Å². The van der Waals surface area contributed by atoms with Gasteiger partial charge in [-0.05, 0) is 82.9 Å². The Labute approximate surface area is 217 Å². The Kier molecular flexibility index (Phi) is 11.5. The number of rotatable bonds is 6. The monoisotopic (exact) mass is 502 g/mol. The molecular formula is C30H27FeN2P+2. The van der Waals surface area contributed by atoms with Gasteiger partial charge in [0.15, 0.2) is 0 Å². The van der Waals surface area contributed by atoms with Crippen LogP contribution in [0.3, 0.4) is 0 Å². The summed E-state index contributed by atoms with van der Waals surface area (Å²) in [4.78, 5) is 8.98. The van der Waals surface area contributed by atoms with Crippen LogP contribution in [0.5, 0.6) is 0 Å². The standard InChI is InChI=1S/C25H22N2P.C5H5.Fe/c1-20(27-19-21-10-9-17-26-18-21)24-15-8-16-25(24)28(22-11-4-2-5-12-22)23-13-6-3-7-14-23;1-2-4-5-3-1;/h2-20H,1H3;1-5H;/q;;+2/t20-;;/m1../s1. The number of nitrogens with zero attached hydrogens (tertiary/aromatic N) is 2. The van der Waals surface area contributed by atoms with Gasteiger partial charge in [-0.2, -0.15) is 0 Å². The predicted molar refractivity (Wildman–Crippen MR) is 141 cm³/mol. The van der Waals surface area contributed by atoms with E-state index in [2.05, 4.69) is 91.8 Å². The van der Waals surface area contributed by atoms with Crippen LogP contribution in [-0.4, -0.2) is 17.2 Å². The molecule has 0 spiro atoms. The molecule has 4 heteroatoms. The molecule has 0 N–H and O–H groups in total. The second kappa shape index (κ2) is 14.6. The van der Waals surface area contributed by atoms with Crippen LogP contribution >= 0.6 is 7.92 Å². The minimum atomic E-state index is -0.613. The maximum atomic E-state index is 4.81. The molecule has 5 rings (SSSR count). The Morgan fingerprint density at radius 1 is 0.735 bits per heavy atom. The summed E-state index contributed by atoms with van der Waals surface area (Å²) in [5.74, 6) is 1.29. The molecule has 2 nitrogen and oxygen atoms in total. The number of aliphatic imine (C=N–C) groups is 1. The first-order valence-corrected chi connectivity index (χ1v) is 12.4. The molecule has 0 saturated heterocycles. The third kappa shape index (κ3) is 7.61. The summed E-state index contributed by atoms with van der Waals surface area (Å²) in [7, 11) is -0.613. The molecule has 0 amide bonds. The predicted octanol–water partition coefficient (Wildman–Crippen LogP) is 5.77. The van der Waals surface area contributed by atoms with Gasteiger partial charge in [0.05, 0.1) is 6.04 Å². The third-order valence-corrected chi connectivity index (χ3v) is 7.75. The van der Waals surface area contributed by atoms with E-state index in [1.807, 2.05) is 56.6 Å². The molecule has 1 aromatic heterocycles. The van der Waals surface area contributed by atoms with Crippen molar-refractivity contribution in [3.63, 3.8) is 0 Å². The van der Waals surface area contributed by atoms with E-state index < -0.39 is 7.92 Å². The third-order valence-electron chi connectivity index (χ3n) is 5.23. The van der Waals surface area contributed by atoms with E-state index in [4.69, 9.17) is 4.99 Å². The van der Waals surface area contributed by atoms with Gasteiger partial charge in [-0.25, -0.2) is 0 Å². The summed E-state index contributed by atoms with van der Waals surface area (Å²) in [6, 6.07) is 25.6. The fraction of sp³-hybridized carbons (Fsp3) is 0.0667. The zero-order valence-electron chi connectivity index (χ0n) is 19.1. The van der Waals surface area contributed by atoms with Gasteiger partial charge in [-0.1, -0.05) is 66.7 Å². The van der Waals surface area contributed by atoms with Crippen LogP contribution in [0.15, 0.2) is 90.2 Å². The molecule has 2 fully saturated rings. The normalized spacial score (nSPS) is 17.4. The molecule has 2 aliphatic rings. The molecule has 2 aliphatic carbocycles. The van der Waals surface area contributed by atoms with Crippen LogP contribution in [0, 0.1) is 62.9 Å². The van der Waals surface area contributed by atoms with Crippen LogP contribution < -0.4 is 10.6 Å². The number of hydrogen-bond acceptors (Lipinski definition) is 2. The summed E-state index contributed by atoms with van der Waals surface area (Å²) >= 11 is 0. The van der Waals surface area contributed by atoms with Crippen molar-refractivity contribution < 1.29 is 17.1 Å². The van der Waals surface area contributed by atoms with E-state index in [0.29, 0.717) is 0 Å². The second-order valence-electron chi connectivity index (χ2n) is 7.58. The molecule has 0 unspecified atom stereocenters.